The maximum Gasteiger partial charge on any atom is 0.340 e. The van der Waals surface area contributed by atoms with Crippen LogP contribution >= 0.6 is 0 Å². The maximum atomic E-state index is 13.3. The van der Waals surface area contributed by atoms with E-state index in [1.54, 1.807) is 7.11 Å². The van der Waals surface area contributed by atoms with Crippen LogP contribution in [-0.2, 0) is 14.2 Å². The number of anilines is 1. The number of methoxy groups -OCH3 is 2. The van der Waals surface area contributed by atoms with Crippen LogP contribution in [-0.4, -0.2) is 45.0 Å². The van der Waals surface area contributed by atoms with Gasteiger partial charge < -0.3 is 19.5 Å². The summed E-state index contributed by atoms with van der Waals surface area (Å²) < 4.78 is 28.9. The molecule has 2 rings (SSSR count). The molecule has 1 aromatic carbocycles. The van der Waals surface area contributed by atoms with Crippen molar-refractivity contribution in [1.29, 1.82) is 0 Å². The number of esters is 1. The predicted octanol–water partition coefficient (Wildman–Crippen LogP) is 2.22. The summed E-state index contributed by atoms with van der Waals surface area (Å²) in [6, 6.07) is 4.01. The highest BCUT2D eigenvalue weighted by Crippen LogP contribution is 2.31. The molecule has 116 valence electrons. The maximum absolute atomic E-state index is 13.3. The molecule has 6 heteroatoms. The second-order valence-electron chi connectivity index (χ2n) is 4.86. The molecule has 0 radical (unpaired) electrons. The Kier molecular flexibility index (Phi) is 5.14. The first-order valence-electron chi connectivity index (χ1n) is 6.89. The molecule has 1 aromatic rings. The number of nitrogens with one attached hydrogen (secondary N) is 1. The normalized spacial score (nSPS) is 24.3. The zero-order chi connectivity index (χ0) is 15.4. The Morgan fingerprint density at radius 1 is 1.43 bits per heavy atom. The number of hydrogen-bond donors (Lipinski definition) is 1. The number of benzene rings is 1. The van der Waals surface area contributed by atoms with Crippen molar-refractivity contribution >= 4 is 11.7 Å². The number of rotatable bonds is 6. The zero-order valence-corrected chi connectivity index (χ0v) is 12.4. The summed E-state index contributed by atoms with van der Waals surface area (Å²) >= 11 is 0. The van der Waals surface area contributed by atoms with E-state index < -0.39 is 11.8 Å². The molecule has 1 aliphatic carbocycles. The summed E-state index contributed by atoms with van der Waals surface area (Å²) in [5, 5.41) is 3.21. The van der Waals surface area contributed by atoms with Crippen LogP contribution in [0.2, 0.25) is 0 Å². The van der Waals surface area contributed by atoms with Crippen molar-refractivity contribution in [3.63, 3.8) is 0 Å². The Morgan fingerprint density at radius 3 is 2.81 bits per heavy atom. The molecule has 0 amide bonds. The van der Waals surface area contributed by atoms with E-state index in [4.69, 9.17) is 9.47 Å². The lowest BCUT2D eigenvalue weighted by Gasteiger charge is -2.43. The molecular weight excluding hydrogens is 277 g/mol. The fourth-order valence-electron chi connectivity index (χ4n) is 2.54. The van der Waals surface area contributed by atoms with Gasteiger partial charge in [0.05, 0.1) is 24.8 Å². The van der Waals surface area contributed by atoms with Gasteiger partial charge in [-0.05, 0) is 31.5 Å². The molecule has 1 fully saturated rings. The molecule has 3 unspecified atom stereocenters. The third-order valence-corrected chi connectivity index (χ3v) is 3.63. The minimum atomic E-state index is -0.577. The van der Waals surface area contributed by atoms with E-state index in [1.165, 1.54) is 19.2 Å². The second-order valence-corrected chi connectivity index (χ2v) is 4.86. The van der Waals surface area contributed by atoms with Gasteiger partial charge in [-0.3, -0.25) is 0 Å². The van der Waals surface area contributed by atoms with Crippen LogP contribution in [0.3, 0.4) is 0 Å². The Bertz CT molecular complexity index is 508. The van der Waals surface area contributed by atoms with Gasteiger partial charge >= 0.3 is 5.97 Å². The topological polar surface area (TPSA) is 56.8 Å². The highest BCUT2D eigenvalue weighted by molar-refractivity contribution is 5.95. The third kappa shape index (κ3) is 3.33. The van der Waals surface area contributed by atoms with Gasteiger partial charge in [0.2, 0.25) is 0 Å². The van der Waals surface area contributed by atoms with Crippen LogP contribution in [0.25, 0.3) is 0 Å². The average Bonchev–Trinajstić information content (AvgIpc) is 2.47. The minimum Gasteiger partial charge on any atom is -0.465 e. The van der Waals surface area contributed by atoms with Crippen LogP contribution in [0.1, 0.15) is 23.7 Å². The molecule has 1 aliphatic rings. The molecule has 0 aromatic heterocycles. The van der Waals surface area contributed by atoms with E-state index in [0.29, 0.717) is 12.3 Å². The summed E-state index contributed by atoms with van der Waals surface area (Å²) in [5.41, 5.74) is 0.706. The predicted molar refractivity (Wildman–Crippen MR) is 76.0 cm³/mol. The van der Waals surface area contributed by atoms with Crippen molar-refractivity contribution in [2.24, 2.45) is 0 Å². The first kappa shape index (κ1) is 15.7. The molecule has 5 nitrogen and oxygen atoms in total. The Labute approximate surface area is 123 Å². The highest BCUT2D eigenvalue weighted by atomic mass is 19.1. The van der Waals surface area contributed by atoms with E-state index in [9.17, 15) is 9.18 Å². The van der Waals surface area contributed by atoms with Crippen LogP contribution < -0.4 is 5.32 Å². The molecule has 0 spiro atoms. The van der Waals surface area contributed by atoms with Gasteiger partial charge in [-0.2, -0.15) is 0 Å². The van der Waals surface area contributed by atoms with Gasteiger partial charge in [0, 0.05) is 19.4 Å². The molecule has 0 bridgehead atoms. The van der Waals surface area contributed by atoms with E-state index in [1.807, 2.05) is 6.92 Å². The van der Waals surface area contributed by atoms with Crippen molar-refractivity contribution in [3.8, 4) is 0 Å². The van der Waals surface area contributed by atoms with Crippen molar-refractivity contribution < 1.29 is 23.4 Å². The third-order valence-electron chi connectivity index (χ3n) is 3.63. The number of hydrogen-bond acceptors (Lipinski definition) is 5. The lowest BCUT2D eigenvalue weighted by molar-refractivity contribution is -0.118. The van der Waals surface area contributed by atoms with Crippen LogP contribution in [0.5, 0.6) is 0 Å². The molecule has 3 atom stereocenters. The Morgan fingerprint density at radius 2 is 2.19 bits per heavy atom. The minimum absolute atomic E-state index is 0.0143. The van der Waals surface area contributed by atoms with E-state index >= 15 is 0 Å². The van der Waals surface area contributed by atoms with Crippen molar-refractivity contribution in [2.75, 3.05) is 26.1 Å². The standard InChI is InChI=1S/C15H20FNO4/c1-4-21-13-8-12(14(13)19-2)17-11-6-5-9(16)7-10(11)15(18)20-3/h5-7,12-14,17H,4,8H2,1-3H3. The highest BCUT2D eigenvalue weighted by Gasteiger charge is 2.42. The van der Waals surface area contributed by atoms with Gasteiger partial charge in [-0.15, -0.1) is 0 Å². The SMILES string of the molecule is CCOC1CC(Nc2ccc(F)cc2C(=O)OC)C1OC. The zero-order valence-electron chi connectivity index (χ0n) is 12.4. The van der Waals surface area contributed by atoms with Gasteiger partial charge in [-0.25, -0.2) is 9.18 Å². The Balaban J connectivity index is 2.11. The summed E-state index contributed by atoms with van der Waals surface area (Å²) in [6.45, 7) is 2.56. The molecule has 0 aliphatic heterocycles. The van der Waals surface area contributed by atoms with Crippen LogP contribution in [0, 0.1) is 5.82 Å². The molecular formula is C15H20FNO4. The second kappa shape index (κ2) is 6.87. The molecule has 1 N–H and O–H groups in total. The fraction of sp³-hybridized carbons (Fsp3) is 0.533. The monoisotopic (exact) mass is 297 g/mol. The van der Waals surface area contributed by atoms with Gasteiger partial charge in [0.15, 0.2) is 0 Å². The quantitative estimate of drug-likeness (QED) is 0.816. The number of carbonyl (C=O) groups is 1. The largest absolute Gasteiger partial charge is 0.465 e. The number of halogens is 1. The lowest BCUT2D eigenvalue weighted by atomic mass is 9.84. The Hall–Kier alpha value is -1.66. The van der Waals surface area contributed by atoms with Crippen LogP contribution in [0.4, 0.5) is 10.1 Å². The van der Waals surface area contributed by atoms with E-state index in [0.717, 1.165) is 12.5 Å². The summed E-state index contributed by atoms with van der Waals surface area (Å²) in [7, 11) is 2.89. The number of carbonyl (C=O) groups excluding carboxylic acids is 1. The fourth-order valence-corrected chi connectivity index (χ4v) is 2.54. The molecule has 0 heterocycles. The molecule has 21 heavy (non-hydrogen) atoms. The first-order valence-corrected chi connectivity index (χ1v) is 6.89. The van der Waals surface area contributed by atoms with Crippen LogP contribution in [0.15, 0.2) is 18.2 Å². The summed E-state index contributed by atoms with van der Waals surface area (Å²) in [4.78, 5) is 11.7. The van der Waals surface area contributed by atoms with Gasteiger partial charge in [0.1, 0.15) is 11.9 Å². The average molecular weight is 297 g/mol. The first-order chi connectivity index (χ1) is 10.1. The number of ether oxygens (including phenoxy) is 3. The van der Waals surface area contributed by atoms with Crippen molar-refractivity contribution in [1.82, 2.24) is 0 Å². The van der Waals surface area contributed by atoms with Gasteiger partial charge in [-0.1, -0.05) is 0 Å². The van der Waals surface area contributed by atoms with Gasteiger partial charge in [0.25, 0.3) is 0 Å². The smallest absolute Gasteiger partial charge is 0.340 e. The van der Waals surface area contributed by atoms with Crippen molar-refractivity contribution in [3.05, 3.63) is 29.6 Å². The molecule has 0 saturated heterocycles. The van der Waals surface area contributed by atoms with Crippen molar-refractivity contribution in [2.45, 2.75) is 31.6 Å². The summed E-state index contributed by atoms with van der Waals surface area (Å²) in [6.07, 6.45) is 0.713. The summed E-state index contributed by atoms with van der Waals surface area (Å²) in [5.74, 6) is -1.06. The molecule has 1 saturated carbocycles. The van der Waals surface area contributed by atoms with E-state index in [-0.39, 0.29) is 23.8 Å². The lowest BCUT2D eigenvalue weighted by Crippen LogP contribution is -2.57. The van der Waals surface area contributed by atoms with E-state index in [2.05, 4.69) is 10.1 Å².